The number of hydrogen-bond acceptors (Lipinski definition) is 0. The van der Waals surface area contributed by atoms with E-state index in [0.29, 0.717) is 0 Å². The second-order valence-electron chi connectivity index (χ2n) is 3.06. The van der Waals surface area contributed by atoms with E-state index in [1.54, 1.807) is 0 Å². The Labute approximate surface area is 78.9 Å². The fourth-order valence-corrected chi connectivity index (χ4v) is 1.23. The Morgan fingerprint density at radius 2 is 1.77 bits per heavy atom. The summed E-state index contributed by atoms with van der Waals surface area (Å²) in [4.78, 5) is 0. The quantitative estimate of drug-likeness (QED) is 0.610. The largest absolute Gasteiger partial charge is 0.0616 e. The van der Waals surface area contributed by atoms with Gasteiger partial charge in [0.1, 0.15) is 0 Å². The average molecular weight is 166 g/mol. The SMILES string of the molecule is Cc1c[c]c(-c2[c]cccc2)cc1. The predicted molar refractivity (Wildman–Crippen MR) is 54.3 cm³/mol. The van der Waals surface area contributed by atoms with Gasteiger partial charge < -0.3 is 0 Å². The minimum Gasteiger partial charge on any atom is -0.0616 e. The zero-order valence-electron chi connectivity index (χ0n) is 7.54. The highest BCUT2D eigenvalue weighted by atomic mass is 14.0. The molecule has 62 valence electrons. The van der Waals surface area contributed by atoms with Crippen LogP contribution in [0.5, 0.6) is 0 Å². The van der Waals surface area contributed by atoms with Crippen molar-refractivity contribution in [1.82, 2.24) is 0 Å². The topological polar surface area (TPSA) is 0 Å². The molecule has 0 heterocycles. The first-order valence-corrected chi connectivity index (χ1v) is 4.32. The summed E-state index contributed by atoms with van der Waals surface area (Å²) in [7, 11) is 0. The van der Waals surface area contributed by atoms with E-state index in [0.717, 1.165) is 11.1 Å². The number of rotatable bonds is 1. The van der Waals surface area contributed by atoms with E-state index in [9.17, 15) is 0 Å². The molecule has 0 aliphatic heterocycles. The smallest absolute Gasteiger partial charge is 0.00962 e. The van der Waals surface area contributed by atoms with Gasteiger partial charge in [-0.3, -0.25) is 0 Å². The molecule has 2 radical (unpaired) electrons. The molecular weight excluding hydrogens is 156 g/mol. The Balaban J connectivity index is 2.42. The van der Waals surface area contributed by atoms with Gasteiger partial charge in [0.05, 0.1) is 0 Å². The van der Waals surface area contributed by atoms with Crippen molar-refractivity contribution in [2.45, 2.75) is 6.92 Å². The van der Waals surface area contributed by atoms with Gasteiger partial charge in [0, 0.05) is 0 Å². The Morgan fingerprint density at radius 1 is 0.923 bits per heavy atom. The molecule has 2 aromatic carbocycles. The lowest BCUT2D eigenvalue weighted by atomic mass is 10.0. The summed E-state index contributed by atoms with van der Waals surface area (Å²) in [5.74, 6) is 0. The lowest BCUT2D eigenvalue weighted by Gasteiger charge is -1.99. The van der Waals surface area contributed by atoms with Crippen LogP contribution in [0.25, 0.3) is 11.1 Å². The summed E-state index contributed by atoms with van der Waals surface area (Å²) in [5, 5.41) is 0. The van der Waals surface area contributed by atoms with Crippen LogP contribution in [0.2, 0.25) is 0 Å². The van der Waals surface area contributed by atoms with Gasteiger partial charge in [-0.1, -0.05) is 48.0 Å². The lowest BCUT2D eigenvalue weighted by molar-refractivity contribution is 1.46. The molecule has 0 nitrogen and oxygen atoms in total. The molecule has 0 aliphatic carbocycles. The van der Waals surface area contributed by atoms with E-state index in [2.05, 4.69) is 31.2 Å². The number of benzene rings is 2. The van der Waals surface area contributed by atoms with Crippen molar-refractivity contribution in [2.24, 2.45) is 0 Å². The van der Waals surface area contributed by atoms with Gasteiger partial charge >= 0.3 is 0 Å². The molecule has 0 heteroatoms. The average Bonchev–Trinajstić information content (AvgIpc) is 2.20. The molecule has 0 amide bonds. The molecule has 0 aliphatic rings. The molecule has 0 fully saturated rings. The predicted octanol–water partition coefficient (Wildman–Crippen LogP) is 3.26. The van der Waals surface area contributed by atoms with E-state index in [1.807, 2.05) is 30.3 Å². The molecule has 2 aromatic rings. The fraction of sp³-hybridized carbons (Fsp3) is 0.0769. The minimum atomic E-state index is 1.10. The maximum absolute atomic E-state index is 3.22. The van der Waals surface area contributed by atoms with E-state index < -0.39 is 0 Å². The van der Waals surface area contributed by atoms with Crippen LogP contribution in [0.1, 0.15) is 5.56 Å². The standard InChI is InChI=1S/C13H10/c1-11-7-9-13(10-8-11)12-5-3-2-4-6-12/h2-5,7-9H,1H3. The molecule has 0 atom stereocenters. The maximum atomic E-state index is 3.22. The van der Waals surface area contributed by atoms with Gasteiger partial charge in [0.15, 0.2) is 0 Å². The first-order valence-electron chi connectivity index (χ1n) is 4.32. The van der Waals surface area contributed by atoms with E-state index in [1.165, 1.54) is 5.56 Å². The molecule has 0 spiro atoms. The molecule has 0 unspecified atom stereocenters. The number of hydrogen-bond donors (Lipinski definition) is 0. The third-order valence-corrected chi connectivity index (χ3v) is 1.97. The summed E-state index contributed by atoms with van der Waals surface area (Å²) in [6.07, 6.45) is 0. The van der Waals surface area contributed by atoms with Crippen LogP contribution in [-0.2, 0) is 0 Å². The second kappa shape index (κ2) is 3.44. The highest BCUT2D eigenvalue weighted by Gasteiger charge is 1.94. The summed E-state index contributed by atoms with van der Waals surface area (Å²) in [6, 6.07) is 20.5. The zero-order chi connectivity index (χ0) is 9.10. The molecule has 0 aromatic heterocycles. The molecule has 13 heavy (non-hydrogen) atoms. The monoisotopic (exact) mass is 166 g/mol. The van der Waals surface area contributed by atoms with Crippen molar-refractivity contribution in [3.05, 3.63) is 60.2 Å². The van der Waals surface area contributed by atoms with Crippen LogP contribution in [0.3, 0.4) is 0 Å². The second-order valence-corrected chi connectivity index (χ2v) is 3.06. The summed E-state index contributed by atoms with van der Waals surface area (Å²) in [5.41, 5.74) is 3.44. The maximum Gasteiger partial charge on any atom is -0.00962 e. The van der Waals surface area contributed by atoms with Crippen LogP contribution in [0, 0.1) is 19.1 Å². The minimum absolute atomic E-state index is 1.10. The third-order valence-electron chi connectivity index (χ3n) is 1.97. The summed E-state index contributed by atoms with van der Waals surface area (Å²) in [6.45, 7) is 2.06. The molecule has 0 N–H and O–H groups in total. The molecular formula is C13H10. The van der Waals surface area contributed by atoms with Crippen LogP contribution in [0.4, 0.5) is 0 Å². The first kappa shape index (κ1) is 8.06. The first-order chi connectivity index (χ1) is 6.36. The van der Waals surface area contributed by atoms with Gasteiger partial charge in [-0.05, 0) is 30.2 Å². The van der Waals surface area contributed by atoms with E-state index in [4.69, 9.17) is 0 Å². The molecule has 0 bridgehead atoms. The van der Waals surface area contributed by atoms with Crippen LogP contribution < -0.4 is 0 Å². The Kier molecular flexibility index (Phi) is 2.13. The van der Waals surface area contributed by atoms with Gasteiger partial charge in [-0.15, -0.1) is 0 Å². The Morgan fingerprint density at radius 3 is 2.38 bits per heavy atom. The molecule has 0 saturated carbocycles. The fourth-order valence-electron chi connectivity index (χ4n) is 1.23. The summed E-state index contributed by atoms with van der Waals surface area (Å²) >= 11 is 0. The van der Waals surface area contributed by atoms with Gasteiger partial charge in [-0.2, -0.15) is 0 Å². The molecule has 0 saturated heterocycles. The van der Waals surface area contributed by atoms with Crippen molar-refractivity contribution < 1.29 is 0 Å². The lowest BCUT2D eigenvalue weighted by Crippen LogP contribution is -1.77. The van der Waals surface area contributed by atoms with E-state index in [-0.39, 0.29) is 0 Å². The van der Waals surface area contributed by atoms with Crippen molar-refractivity contribution in [2.75, 3.05) is 0 Å². The van der Waals surface area contributed by atoms with Crippen molar-refractivity contribution >= 4 is 0 Å². The highest BCUT2D eigenvalue weighted by Crippen LogP contribution is 2.17. The van der Waals surface area contributed by atoms with E-state index >= 15 is 0 Å². The van der Waals surface area contributed by atoms with Crippen LogP contribution in [0.15, 0.2) is 42.5 Å². The van der Waals surface area contributed by atoms with Gasteiger partial charge in [0.2, 0.25) is 0 Å². The highest BCUT2D eigenvalue weighted by molar-refractivity contribution is 5.61. The third kappa shape index (κ3) is 1.78. The van der Waals surface area contributed by atoms with Crippen molar-refractivity contribution in [3.63, 3.8) is 0 Å². The Hall–Kier alpha value is -1.56. The Bertz CT molecular complexity index is 371. The summed E-state index contributed by atoms with van der Waals surface area (Å²) < 4.78 is 0. The molecule has 2 rings (SSSR count). The zero-order valence-corrected chi connectivity index (χ0v) is 7.54. The van der Waals surface area contributed by atoms with Gasteiger partial charge in [0.25, 0.3) is 0 Å². The normalized spacial score (nSPS) is 9.92. The van der Waals surface area contributed by atoms with Crippen molar-refractivity contribution in [3.8, 4) is 11.1 Å². The number of aryl methyl sites for hydroxylation is 1. The van der Waals surface area contributed by atoms with Crippen LogP contribution >= 0.6 is 0 Å². The van der Waals surface area contributed by atoms with Crippen LogP contribution in [-0.4, -0.2) is 0 Å². The van der Waals surface area contributed by atoms with Crippen molar-refractivity contribution in [1.29, 1.82) is 0 Å². The van der Waals surface area contributed by atoms with Gasteiger partial charge in [-0.25, -0.2) is 0 Å².